The molecule has 2 rings (SSSR count). The summed E-state index contributed by atoms with van der Waals surface area (Å²) in [6, 6.07) is 11.5. The van der Waals surface area contributed by atoms with Gasteiger partial charge in [0.15, 0.2) is 11.6 Å². The molecule has 1 heterocycles. The molecule has 0 saturated carbocycles. The average molecular weight is 263 g/mol. The molecule has 1 aromatic carbocycles. The van der Waals surface area contributed by atoms with Crippen molar-refractivity contribution in [1.82, 2.24) is 4.98 Å². The third kappa shape index (κ3) is 3.37. The Hall–Kier alpha value is -1.74. The lowest BCUT2D eigenvalue weighted by atomic mass is 10.2. The van der Waals surface area contributed by atoms with Crippen LogP contribution in [0.25, 0.3) is 0 Å². The number of hydrogen-bond acceptors (Lipinski definition) is 3. The number of halogens is 1. The minimum atomic E-state index is 0.626. The molecule has 0 bridgehead atoms. The third-order valence-electron chi connectivity index (χ3n) is 2.44. The highest BCUT2D eigenvalue weighted by Crippen LogP contribution is 2.21. The summed E-state index contributed by atoms with van der Waals surface area (Å²) in [7, 11) is 0. The molecule has 0 unspecified atom stereocenters. The lowest BCUT2D eigenvalue weighted by Crippen LogP contribution is -2.04. The minimum absolute atomic E-state index is 0.626. The number of anilines is 1. The molecule has 0 atom stereocenters. The van der Waals surface area contributed by atoms with E-state index in [1.54, 1.807) is 6.20 Å². The zero-order valence-electron chi connectivity index (χ0n) is 10.2. The van der Waals surface area contributed by atoms with Crippen molar-refractivity contribution in [3.05, 3.63) is 53.2 Å². The number of pyridine rings is 1. The normalized spacial score (nSPS) is 10.1. The van der Waals surface area contributed by atoms with Gasteiger partial charge in [-0.25, -0.2) is 4.98 Å². The molecule has 0 aliphatic carbocycles. The van der Waals surface area contributed by atoms with Gasteiger partial charge < -0.3 is 10.1 Å². The van der Waals surface area contributed by atoms with E-state index in [2.05, 4.69) is 10.3 Å². The van der Waals surface area contributed by atoms with Crippen LogP contribution in [0, 0.1) is 0 Å². The number of hydrogen-bond donors (Lipinski definition) is 1. The van der Waals surface area contributed by atoms with Crippen LogP contribution in [0.2, 0.25) is 5.02 Å². The van der Waals surface area contributed by atoms with E-state index in [-0.39, 0.29) is 0 Å². The summed E-state index contributed by atoms with van der Waals surface area (Å²) < 4.78 is 5.50. The summed E-state index contributed by atoms with van der Waals surface area (Å²) in [5, 5.41) is 4.00. The number of ether oxygens (including phenoxy) is 1. The number of nitrogens with zero attached hydrogens (tertiary/aromatic N) is 1. The van der Waals surface area contributed by atoms with Crippen molar-refractivity contribution in [1.29, 1.82) is 0 Å². The topological polar surface area (TPSA) is 34.1 Å². The van der Waals surface area contributed by atoms with Gasteiger partial charge in [0.05, 0.1) is 6.61 Å². The van der Waals surface area contributed by atoms with E-state index in [0.717, 1.165) is 22.2 Å². The zero-order chi connectivity index (χ0) is 12.8. The molecule has 0 spiro atoms. The van der Waals surface area contributed by atoms with Gasteiger partial charge >= 0.3 is 0 Å². The number of nitrogens with one attached hydrogen (secondary N) is 1. The summed E-state index contributed by atoms with van der Waals surface area (Å²) >= 11 is 5.84. The van der Waals surface area contributed by atoms with Crippen LogP contribution in [0.3, 0.4) is 0 Å². The molecule has 2 aromatic rings. The molecule has 18 heavy (non-hydrogen) atoms. The molecule has 0 radical (unpaired) electrons. The minimum Gasteiger partial charge on any atom is -0.490 e. The first kappa shape index (κ1) is 12.7. The molecule has 0 amide bonds. The SMILES string of the molecule is CCOc1cccnc1NCc1ccc(Cl)cc1. The first-order valence-electron chi connectivity index (χ1n) is 5.85. The van der Waals surface area contributed by atoms with Gasteiger partial charge in [-0.15, -0.1) is 0 Å². The molecule has 1 N–H and O–H groups in total. The van der Waals surface area contributed by atoms with Crippen LogP contribution in [0.5, 0.6) is 5.75 Å². The van der Waals surface area contributed by atoms with E-state index in [0.29, 0.717) is 13.2 Å². The van der Waals surface area contributed by atoms with Gasteiger partial charge in [-0.1, -0.05) is 23.7 Å². The molecule has 1 aromatic heterocycles. The number of aromatic nitrogens is 1. The predicted molar refractivity (Wildman–Crippen MR) is 74.2 cm³/mol. The van der Waals surface area contributed by atoms with E-state index >= 15 is 0 Å². The summed E-state index contributed by atoms with van der Waals surface area (Å²) in [6.07, 6.45) is 1.74. The molecule has 0 aliphatic rings. The van der Waals surface area contributed by atoms with Gasteiger partial charge in [0, 0.05) is 17.8 Å². The van der Waals surface area contributed by atoms with Crippen LogP contribution < -0.4 is 10.1 Å². The Kier molecular flexibility index (Phi) is 4.42. The molecule has 0 saturated heterocycles. The van der Waals surface area contributed by atoms with Gasteiger partial charge in [0.25, 0.3) is 0 Å². The number of rotatable bonds is 5. The maximum atomic E-state index is 5.84. The zero-order valence-corrected chi connectivity index (χ0v) is 10.9. The smallest absolute Gasteiger partial charge is 0.169 e. The van der Waals surface area contributed by atoms with Gasteiger partial charge in [-0.2, -0.15) is 0 Å². The molecule has 94 valence electrons. The van der Waals surface area contributed by atoms with Crippen molar-refractivity contribution in [2.24, 2.45) is 0 Å². The Labute approximate surface area is 112 Å². The van der Waals surface area contributed by atoms with Crippen LogP contribution in [0.4, 0.5) is 5.82 Å². The summed E-state index contributed by atoms with van der Waals surface area (Å²) in [5.74, 6) is 1.53. The van der Waals surface area contributed by atoms with Crippen LogP contribution in [0.1, 0.15) is 12.5 Å². The fourth-order valence-corrected chi connectivity index (χ4v) is 1.71. The van der Waals surface area contributed by atoms with E-state index in [9.17, 15) is 0 Å². The fraction of sp³-hybridized carbons (Fsp3) is 0.214. The van der Waals surface area contributed by atoms with Crippen molar-refractivity contribution in [2.75, 3.05) is 11.9 Å². The molecule has 4 heteroatoms. The largest absolute Gasteiger partial charge is 0.490 e. The lowest BCUT2D eigenvalue weighted by Gasteiger charge is -2.10. The highest BCUT2D eigenvalue weighted by atomic mass is 35.5. The standard InChI is InChI=1S/C14H15ClN2O/c1-2-18-13-4-3-9-16-14(13)17-10-11-5-7-12(15)8-6-11/h3-9H,2,10H2,1H3,(H,16,17). The van der Waals surface area contributed by atoms with Crippen molar-refractivity contribution in [3.63, 3.8) is 0 Å². The molecular formula is C14H15ClN2O. The van der Waals surface area contributed by atoms with Gasteiger partial charge in [0.2, 0.25) is 0 Å². The molecule has 3 nitrogen and oxygen atoms in total. The van der Waals surface area contributed by atoms with Gasteiger partial charge in [0.1, 0.15) is 0 Å². The van der Waals surface area contributed by atoms with E-state index < -0.39 is 0 Å². The van der Waals surface area contributed by atoms with Crippen molar-refractivity contribution < 1.29 is 4.74 Å². The third-order valence-corrected chi connectivity index (χ3v) is 2.70. The second-order valence-corrected chi connectivity index (χ2v) is 4.20. The molecular weight excluding hydrogens is 248 g/mol. The molecule has 0 fully saturated rings. The second-order valence-electron chi connectivity index (χ2n) is 3.76. The Morgan fingerprint density at radius 1 is 1.22 bits per heavy atom. The second kappa shape index (κ2) is 6.26. The molecule has 0 aliphatic heterocycles. The first-order chi connectivity index (χ1) is 8.79. The number of benzene rings is 1. The van der Waals surface area contributed by atoms with E-state index in [1.807, 2.05) is 43.3 Å². The summed E-state index contributed by atoms with van der Waals surface area (Å²) in [5.41, 5.74) is 1.15. The Morgan fingerprint density at radius 3 is 2.72 bits per heavy atom. The average Bonchev–Trinajstić information content (AvgIpc) is 2.40. The van der Waals surface area contributed by atoms with Crippen molar-refractivity contribution in [2.45, 2.75) is 13.5 Å². The van der Waals surface area contributed by atoms with Gasteiger partial charge in [-0.3, -0.25) is 0 Å². The van der Waals surface area contributed by atoms with Gasteiger partial charge in [-0.05, 0) is 36.8 Å². The Bertz CT molecular complexity index is 499. The van der Waals surface area contributed by atoms with E-state index in [1.165, 1.54) is 0 Å². The first-order valence-corrected chi connectivity index (χ1v) is 6.23. The maximum absolute atomic E-state index is 5.84. The van der Waals surface area contributed by atoms with Crippen LogP contribution in [0.15, 0.2) is 42.6 Å². The predicted octanol–water partition coefficient (Wildman–Crippen LogP) is 3.75. The van der Waals surface area contributed by atoms with Crippen LogP contribution in [-0.4, -0.2) is 11.6 Å². The highest BCUT2D eigenvalue weighted by Gasteiger charge is 2.03. The Morgan fingerprint density at radius 2 is 2.00 bits per heavy atom. The fourth-order valence-electron chi connectivity index (χ4n) is 1.58. The summed E-state index contributed by atoms with van der Waals surface area (Å²) in [4.78, 5) is 4.27. The maximum Gasteiger partial charge on any atom is 0.169 e. The lowest BCUT2D eigenvalue weighted by molar-refractivity contribution is 0.340. The van der Waals surface area contributed by atoms with E-state index in [4.69, 9.17) is 16.3 Å². The highest BCUT2D eigenvalue weighted by molar-refractivity contribution is 6.30. The van der Waals surface area contributed by atoms with Crippen molar-refractivity contribution in [3.8, 4) is 5.75 Å². The van der Waals surface area contributed by atoms with Crippen LogP contribution in [-0.2, 0) is 6.54 Å². The van der Waals surface area contributed by atoms with Crippen molar-refractivity contribution >= 4 is 17.4 Å². The monoisotopic (exact) mass is 262 g/mol. The quantitative estimate of drug-likeness (QED) is 0.891. The summed E-state index contributed by atoms with van der Waals surface area (Å²) in [6.45, 7) is 3.27. The Balaban J connectivity index is 2.03. The van der Waals surface area contributed by atoms with Crippen LogP contribution >= 0.6 is 11.6 Å².